The van der Waals surface area contributed by atoms with Crippen molar-refractivity contribution < 1.29 is 26.8 Å². The van der Waals surface area contributed by atoms with Crippen LogP contribution in [0.3, 0.4) is 0 Å². The molecular weight excluding hydrogens is 423 g/mol. The number of hydrogen-bond acceptors (Lipinski definition) is 6. The van der Waals surface area contributed by atoms with Crippen LogP contribution in [0.4, 0.5) is 4.39 Å². The highest BCUT2D eigenvalue weighted by Gasteiger charge is 2.29. The fraction of sp³-hybridized carbons (Fsp3) is 0.182. The zero-order valence-electron chi connectivity index (χ0n) is 16.6. The van der Waals surface area contributed by atoms with Crippen LogP contribution in [0.15, 0.2) is 69.0 Å². The van der Waals surface area contributed by atoms with Gasteiger partial charge in [-0.3, -0.25) is 0 Å². The summed E-state index contributed by atoms with van der Waals surface area (Å²) in [5.41, 5.74) is 1.61. The van der Waals surface area contributed by atoms with E-state index in [4.69, 9.17) is 9.15 Å². The first-order valence-corrected chi connectivity index (χ1v) is 11.1. The van der Waals surface area contributed by atoms with E-state index in [1.807, 2.05) is 6.07 Å². The van der Waals surface area contributed by atoms with Gasteiger partial charge in [-0.1, -0.05) is 18.2 Å². The number of benzene rings is 2. The number of halogens is 1. The number of rotatable bonds is 5. The van der Waals surface area contributed by atoms with Crippen molar-refractivity contribution >= 4 is 21.7 Å². The standard InChI is InChI=1S/C22H19FN2O5S/c1-14-20-18(24-25-31(27,28)17-12-10-15(23)11-13-17)8-5-9-19(20)30-21(14)22(26)29-16-6-3-2-4-7-16/h2-4,6-7,10-13,25H,5,8-9H2,1H3/b24-18+. The molecule has 0 unspecified atom stereocenters. The molecule has 3 aromatic rings. The predicted molar refractivity (Wildman–Crippen MR) is 111 cm³/mol. The Balaban J connectivity index is 1.60. The lowest BCUT2D eigenvalue weighted by atomic mass is 9.93. The molecule has 1 N–H and O–H groups in total. The zero-order valence-corrected chi connectivity index (χ0v) is 17.4. The smallest absolute Gasteiger partial charge is 0.379 e. The molecule has 1 aliphatic carbocycles. The number of hydrazone groups is 1. The van der Waals surface area contributed by atoms with E-state index in [-0.39, 0.29) is 10.7 Å². The molecule has 1 aromatic heterocycles. The summed E-state index contributed by atoms with van der Waals surface area (Å²) in [5.74, 6) is -0.161. The number of furan rings is 1. The van der Waals surface area contributed by atoms with Crippen LogP contribution in [-0.4, -0.2) is 20.1 Å². The minimum absolute atomic E-state index is 0.0600. The number of fused-ring (bicyclic) bond motifs is 1. The molecule has 1 aliphatic rings. The molecule has 9 heteroatoms. The lowest BCUT2D eigenvalue weighted by Crippen LogP contribution is -2.22. The lowest BCUT2D eigenvalue weighted by molar-refractivity contribution is 0.0698. The lowest BCUT2D eigenvalue weighted by Gasteiger charge is -2.14. The van der Waals surface area contributed by atoms with Crippen LogP contribution in [0.25, 0.3) is 0 Å². The third-order valence-corrected chi connectivity index (χ3v) is 6.11. The molecule has 0 aliphatic heterocycles. The highest BCUT2D eigenvalue weighted by Crippen LogP contribution is 2.30. The summed E-state index contributed by atoms with van der Waals surface area (Å²) >= 11 is 0. The average molecular weight is 442 g/mol. The quantitative estimate of drug-likeness (QED) is 0.366. The van der Waals surface area contributed by atoms with Crippen molar-refractivity contribution in [3.05, 3.63) is 83.1 Å². The van der Waals surface area contributed by atoms with E-state index in [9.17, 15) is 17.6 Å². The molecule has 0 fully saturated rings. The topological polar surface area (TPSA) is 98.0 Å². The predicted octanol–water partition coefficient (Wildman–Crippen LogP) is 3.97. The summed E-state index contributed by atoms with van der Waals surface area (Å²) in [6.07, 6.45) is 1.79. The van der Waals surface area contributed by atoms with Crippen LogP contribution in [0, 0.1) is 12.7 Å². The minimum atomic E-state index is -3.97. The number of esters is 1. The third kappa shape index (κ3) is 4.36. The van der Waals surface area contributed by atoms with Gasteiger partial charge in [0.2, 0.25) is 5.76 Å². The van der Waals surface area contributed by atoms with Gasteiger partial charge in [-0.25, -0.2) is 9.18 Å². The van der Waals surface area contributed by atoms with Gasteiger partial charge in [0, 0.05) is 17.5 Å². The second-order valence-electron chi connectivity index (χ2n) is 7.02. The number of carbonyl (C=O) groups excluding carboxylic acids is 1. The summed E-state index contributed by atoms with van der Waals surface area (Å²) in [6.45, 7) is 1.71. The molecule has 7 nitrogen and oxygen atoms in total. The Morgan fingerprint density at radius 1 is 1.10 bits per heavy atom. The number of para-hydroxylation sites is 1. The van der Waals surface area contributed by atoms with Crippen molar-refractivity contribution in [1.29, 1.82) is 0 Å². The molecule has 0 spiro atoms. The van der Waals surface area contributed by atoms with Gasteiger partial charge >= 0.3 is 5.97 Å². The van der Waals surface area contributed by atoms with Gasteiger partial charge in [-0.15, -0.1) is 0 Å². The van der Waals surface area contributed by atoms with Crippen molar-refractivity contribution in [2.24, 2.45) is 5.10 Å². The van der Waals surface area contributed by atoms with Gasteiger partial charge in [0.1, 0.15) is 17.3 Å². The molecule has 0 atom stereocenters. The molecule has 0 amide bonds. The Labute approximate surface area is 178 Å². The zero-order chi connectivity index (χ0) is 22.0. The van der Waals surface area contributed by atoms with Crippen molar-refractivity contribution in [2.45, 2.75) is 31.1 Å². The Hall–Kier alpha value is -3.46. The average Bonchev–Trinajstić information content (AvgIpc) is 3.11. The van der Waals surface area contributed by atoms with Gasteiger partial charge < -0.3 is 9.15 Å². The molecule has 160 valence electrons. The molecule has 2 aromatic carbocycles. The van der Waals surface area contributed by atoms with Crippen molar-refractivity contribution in [1.82, 2.24) is 4.83 Å². The monoisotopic (exact) mass is 442 g/mol. The maximum atomic E-state index is 13.1. The van der Waals surface area contributed by atoms with Gasteiger partial charge in [0.15, 0.2) is 0 Å². The first-order valence-electron chi connectivity index (χ1n) is 9.59. The molecule has 1 heterocycles. The number of hydrogen-bond donors (Lipinski definition) is 1. The summed E-state index contributed by atoms with van der Waals surface area (Å²) in [5, 5.41) is 4.09. The maximum Gasteiger partial charge on any atom is 0.379 e. The van der Waals surface area contributed by atoms with Gasteiger partial charge in [0.25, 0.3) is 10.0 Å². The van der Waals surface area contributed by atoms with Crippen molar-refractivity contribution in [3.8, 4) is 5.75 Å². The third-order valence-electron chi connectivity index (χ3n) is 4.89. The second-order valence-corrected chi connectivity index (χ2v) is 8.68. The number of carbonyl (C=O) groups is 1. The van der Waals surface area contributed by atoms with E-state index in [1.54, 1.807) is 31.2 Å². The summed E-state index contributed by atoms with van der Waals surface area (Å²) in [7, 11) is -3.97. The second kappa shape index (κ2) is 8.35. The fourth-order valence-electron chi connectivity index (χ4n) is 3.40. The Morgan fingerprint density at radius 2 is 1.81 bits per heavy atom. The van der Waals surface area contributed by atoms with E-state index in [0.29, 0.717) is 47.6 Å². The number of ether oxygens (including phenoxy) is 1. The van der Waals surface area contributed by atoms with E-state index in [0.717, 1.165) is 24.3 Å². The SMILES string of the molecule is Cc1c(C(=O)Oc2ccccc2)oc2c1/C(=N/NS(=O)(=O)c1ccc(F)cc1)CCC2. The number of aryl methyl sites for hydroxylation is 1. The van der Waals surface area contributed by atoms with Gasteiger partial charge in [-0.2, -0.15) is 18.4 Å². The van der Waals surface area contributed by atoms with Crippen LogP contribution in [0.2, 0.25) is 0 Å². The van der Waals surface area contributed by atoms with Gasteiger partial charge in [-0.05, 0) is 56.2 Å². The van der Waals surface area contributed by atoms with Crippen LogP contribution in [-0.2, 0) is 16.4 Å². The molecule has 4 rings (SSSR count). The van der Waals surface area contributed by atoms with E-state index < -0.39 is 21.8 Å². The summed E-state index contributed by atoms with van der Waals surface area (Å²) in [6, 6.07) is 13.1. The molecule has 31 heavy (non-hydrogen) atoms. The number of nitrogens with one attached hydrogen (secondary N) is 1. The first kappa shape index (κ1) is 20.8. The maximum absolute atomic E-state index is 13.1. The van der Waals surface area contributed by atoms with E-state index in [2.05, 4.69) is 9.93 Å². The Bertz CT molecular complexity index is 1250. The highest BCUT2D eigenvalue weighted by atomic mass is 32.2. The normalized spacial score (nSPS) is 14.8. The highest BCUT2D eigenvalue weighted by molar-refractivity contribution is 7.89. The largest absolute Gasteiger partial charge is 0.453 e. The Kier molecular flexibility index (Phi) is 5.60. The summed E-state index contributed by atoms with van der Waals surface area (Å²) in [4.78, 5) is 14.7. The van der Waals surface area contributed by atoms with Crippen molar-refractivity contribution in [3.63, 3.8) is 0 Å². The molecule has 0 saturated heterocycles. The van der Waals surface area contributed by atoms with Crippen molar-refractivity contribution in [2.75, 3.05) is 0 Å². The molecular formula is C22H19FN2O5S. The van der Waals surface area contributed by atoms with Crippen LogP contribution in [0.5, 0.6) is 5.75 Å². The van der Waals surface area contributed by atoms with Gasteiger partial charge in [0.05, 0.1) is 10.6 Å². The van der Waals surface area contributed by atoms with Crippen LogP contribution < -0.4 is 9.57 Å². The van der Waals surface area contributed by atoms with Crippen LogP contribution in [0.1, 0.15) is 40.3 Å². The number of sulfonamides is 1. The van der Waals surface area contributed by atoms with Crippen LogP contribution >= 0.6 is 0 Å². The summed E-state index contributed by atoms with van der Waals surface area (Å²) < 4.78 is 49.1. The Morgan fingerprint density at radius 3 is 2.52 bits per heavy atom. The first-order chi connectivity index (χ1) is 14.8. The molecule has 0 saturated carbocycles. The fourth-order valence-corrected chi connectivity index (χ4v) is 4.23. The molecule has 0 radical (unpaired) electrons. The van der Waals surface area contributed by atoms with E-state index in [1.165, 1.54) is 0 Å². The minimum Gasteiger partial charge on any atom is -0.453 e. The number of nitrogens with zero attached hydrogens (tertiary/aromatic N) is 1. The van der Waals surface area contributed by atoms with E-state index >= 15 is 0 Å². The molecule has 0 bridgehead atoms.